The first kappa shape index (κ1) is 17.0. The Kier molecular flexibility index (Phi) is 4.21. The monoisotopic (exact) mass is 365 g/mol. The molecule has 4 aromatic rings. The van der Waals surface area contributed by atoms with E-state index in [0.29, 0.717) is 18.5 Å². The third-order valence-electron chi connectivity index (χ3n) is 4.50. The highest BCUT2D eigenvalue weighted by atomic mass is 16.7. The Bertz CT molecular complexity index is 1140. The molecule has 7 heteroatoms. The summed E-state index contributed by atoms with van der Waals surface area (Å²) in [6.45, 7) is 0.475. The van der Waals surface area contributed by atoms with Crippen molar-refractivity contribution < 1.29 is 19.8 Å². The van der Waals surface area contributed by atoms with Gasteiger partial charge >= 0.3 is 5.97 Å². The van der Waals surface area contributed by atoms with Gasteiger partial charge in [0.25, 0.3) is 0 Å². The normalized spacial score (nSPS) is 11.3. The minimum absolute atomic E-state index is 0.0260. The molecule has 0 bridgehead atoms. The molecule has 0 aliphatic carbocycles. The Balaban J connectivity index is 1.60. The summed E-state index contributed by atoms with van der Waals surface area (Å²) < 4.78 is 3.18. The second-order valence-electron chi connectivity index (χ2n) is 6.37. The zero-order valence-electron chi connectivity index (χ0n) is 14.5. The predicted octanol–water partition coefficient (Wildman–Crippen LogP) is 2.16. The SMILES string of the molecule is NCCc1cn(OC(=O)Cn2ccc3cc(O)ccc32)c2ccc(O)cc12. The fraction of sp³-hybridized carbons (Fsp3) is 0.150. The van der Waals surface area contributed by atoms with Crippen molar-refractivity contribution in [2.75, 3.05) is 6.54 Å². The van der Waals surface area contributed by atoms with Crippen molar-refractivity contribution in [3.63, 3.8) is 0 Å². The van der Waals surface area contributed by atoms with E-state index in [1.54, 1.807) is 53.4 Å². The highest BCUT2D eigenvalue weighted by Crippen LogP contribution is 2.25. The number of carbonyl (C=O) groups excluding carboxylic acids is 1. The number of hydrogen-bond acceptors (Lipinski definition) is 5. The fourth-order valence-corrected chi connectivity index (χ4v) is 3.29. The predicted molar refractivity (Wildman–Crippen MR) is 102 cm³/mol. The molecule has 2 heterocycles. The maximum absolute atomic E-state index is 12.5. The number of fused-ring (bicyclic) bond motifs is 2. The Labute approximate surface area is 154 Å². The fourth-order valence-electron chi connectivity index (χ4n) is 3.29. The number of rotatable bonds is 5. The quantitative estimate of drug-likeness (QED) is 0.503. The summed E-state index contributed by atoms with van der Waals surface area (Å²) in [4.78, 5) is 18.0. The number of carbonyl (C=O) groups is 1. The van der Waals surface area contributed by atoms with Crippen molar-refractivity contribution in [1.82, 2.24) is 9.30 Å². The summed E-state index contributed by atoms with van der Waals surface area (Å²) in [6, 6.07) is 11.7. The molecule has 0 saturated carbocycles. The first-order chi connectivity index (χ1) is 13.0. The lowest BCUT2D eigenvalue weighted by Gasteiger charge is -2.08. The number of nitrogens with zero attached hydrogens (tertiary/aromatic N) is 2. The van der Waals surface area contributed by atoms with E-state index in [1.165, 1.54) is 4.73 Å². The summed E-state index contributed by atoms with van der Waals surface area (Å²) >= 11 is 0. The van der Waals surface area contributed by atoms with Crippen LogP contribution in [0.3, 0.4) is 0 Å². The largest absolute Gasteiger partial charge is 0.508 e. The van der Waals surface area contributed by atoms with E-state index in [2.05, 4.69) is 0 Å². The molecule has 27 heavy (non-hydrogen) atoms. The average Bonchev–Trinajstić information content (AvgIpc) is 3.16. The third-order valence-corrected chi connectivity index (χ3v) is 4.50. The molecule has 4 N–H and O–H groups in total. The molecule has 138 valence electrons. The van der Waals surface area contributed by atoms with Crippen LogP contribution in [0.1, 0.15) is 5.56 Å². The van der Waals surface area contributed by atoms with Crippen molar-refractivity contribution in [3.8, 4) is 11.5 Å². The van der Waals surface area contributed by atoms with Crippen molar-refractivity contribution >= 4 is 27.8 Å². The van der Waals surface area contributed by atoms with Gasteiger partial charge in [0.15, 0.2) is 0 Å². The number of phenols is 2. The molecule has 0 amide bonds. The van der Waals surface area contributed by atoms with Gasteiger partial charge in [0.2, 0.25) is 0 Å². The Morgan fingerprint density at radius 3 is 2.56 bits per heavy atom. The molecule has 7 nitrogen and oxygen atoms in total. The van der Waals surface area contributed by atoms with Crippen LogP contribution < -0.4 is 10.6 Å². The van der Waals surface area contributed by atoms with Crippen molar-refractivity contribution in [3.05, 3.63) is 60.4 Å². The molecule has 0 unspecified atom stereocenters. The molecule has 0 saturated heterocycles. The van der Waals surface area contributed by atoms with E-state index < -0.39 is 5.97 Å². The number of hydrogen-bond donors (Lipinski definition) is 3. The lowest BCUT2D eigenvalue weighted by molar-refractivity contribution is -0.144. The highest BCUT2D eigenvalue weighted by molar-refractivity contribution is 5.86. The summed E-state index contributed by atoms with van der Waals surface area (Å²) in [6.07, 6.45) is 4.11. The van der Waals surface area contributed by atoms with E-state index in [9.17, 15) is 15.0 Å². The van der Waals surface area contributed by atoms with Crippen LogP contribution in [0.5, 0.6) is 11.5 Å². The zero-order valence-corrected chi connectivity index (χ0v) is 14.5. The summed E-state index contributed by atoms with van der Waals surface area (Å²) in [5.74, 6) is -0.117. The summed E-state index contributed by atoms with van der Waals surface area (Å²) in [7, 11) is 0. The van der Waals surface area contributed by atoms with Crippen LogP contribution in [0.2, 0.25) is 0 Å². The average molecular weight is 365 g/mol. The first-order valence-electron chi connectivity index (χ1n) is 8.57. The minimum atomic E-state index is -0.440. The van der Waals surface area contributed by atoms with Crippen LogP contribution in [0.15, 0.2) is 54.9 Å². The third kappa shape index (κ3) is 3.20. The van der Waals surface area contributed by atoms with Crippen LogP contribution in [0.25, 0.3) is 21.8 Å². The number of aromatic hydroxyl groups is 2. The molecular weight excluding hydrogens is 346 g/mol. The Morgan fingerprint density at radius 1 is 1.04 bits per heavy atom. The molecular formula is C20H19N3O4. The lowest BCUT2D eigenvalue weighted by Crippen LogP contribution is -2.23. The highest BCUT2D eigenvalue weighted by Gasteiger charge is 2.14. The van der Waals surface area contributed by atoms with E-state index in [1.807, 2.05) is 6.07 Å². The molecule has 0 fully saturated rings. The van der Waals surface area contributed by atoms with Gasteiger partial charge in [-0.15, -0.1) is 0 Å². The van der Waals surface area contributed by atoms with Gasteiger partial charge in [0.1, 0.15) is 18.0 Å². The maximum atomic E-state index is 12.5. The second kappa shape index (κ2) is 6.69. The molecule has 2 aromatic carbocycles. The van der Waals surface area contributed by atoms with Crippen LogP contribution in [0.4, 0.5) is 0 Å². The van der Waals surface area contributed by atoms with Gasteiger partial charge < -0.3 is 25.4 Å². The first-order valence-corrected chi connectivity index (χ1v) is 8.57. The molecule has 0 aliphatic rings. The van der Waals surface area contributed by atoms with Gasteiger partial charge in [0, 0.05) is 28.7 Å². The van der Waals surface area contributed by atoms with Crippen molar-refractivity contribution in [1.29, 1.82) is 0 Å². The second-order valence-corrected chi connectivity index (χ2v) is 6.37. The van der Waals surface area contributed by atoms with Gasteiger partial charge in [-0.05, 0) is 61.0 Å². The van der Waals surface area contributed by atoms with E-state index in [-0.39, 0.29) is 18.0 Å². The van der Waals surface area contributed by atoms with Crippen molar-refractivity contribution in [2.24, 2.45) is 5.73 Å². The minimum Gasteiger partial charge on any atom is -0.508 e. The molecule has 0 atom stereocenters. The lowest BCUT2D eigenvalue weighted by atomic mass is 10.1. The molecule has 0 radical (unpaired) electrons. The van der Waals surface area contributed by atoms with Gasteiger partial charge in [-0.3, -0.25) is 0 Å². The zero-order chi connectivity index (χ0) is 19.0. The molecule has 0 aliphatic heterocycles. The Hall–Kier alpha value is -3.45. The summed E-state index contributed by atoms with van der Waals surface area (Å²) in [5.41, 5.74) is 8.07. The summed E-state index contributed by atoms with van der Waals surface area (Å²) in [5, 5.41) is 20.9. The van der Waals surface area contributed by atoms with Gasteiger partial charge in [-0.25, -0.2) is 4.79 Å². The van der Waals surface area contributed by atoms with E-state index in [0.717, 1.165) is 21.9 Å². The standard InChI is InChI=1S/C20H19N3O4/c21-7-5-14-11-23(19-4-2-16(25)10-17(14)19)27-20(26)12-22-8-6-13-9-15(24)1-3-18(13)22/h1-4,6,8-11,24-25H,5,7,12,21H2. The van der Waals surface area contributed by atoms with E-state index >= 15 is 0 Å². The molecule has 2 aromatic heterocycles. The molecule has 4 rings (SSSR count). The molecule has 0 spiro atoms. The smallest absolute Gasteiger partial charge is 0.352 e. The van der Waals surface area contributed by atoms with Gasteiger partial charge in [-0.2, -0.15) is 4.73 Å². The van der Waals surface area contributed by atoms with Crippen LogP contribution >= 0.6 is 0 Å². The Morgan fingerprint density at radius 2 is 1.78 bits per heavy atom. The van der Waals surface area contributed by atoms with Crippen LogP contribution in [0, 0.1) is 0 Å². The van der Waals surface area contributed by atoms with Gasteiger partial charge in [-0.1, -0.05) is 0 Å². The number of aromatic nitrogens is 2. The van der Waals surface area contributed by atoms with Crippen LogP contribution in [-0.4, -0.2) is 32.0 Å². The van der Waals surface area contributed by atoms with Crippen LogP contribution in [-0.2, 0) is 17.8 Å². The maximum Gasteiger partial charge on any atom is 0.352 e. The van der Waals surface area contributed by atoms with E-state index in [4.69, 9.17) is 10.6 Å². The van der Waals surface area contributed by atoms with Crippen molar-refractivity contribution in [2.45, 2.75) is 13.0 Å². The van der Waals surface area contributed by atoms with Gasteiger partial charge in [0.05, 0.1) is 5.52 Å². The topological polar surface area (TPSA) is 103 Å². The number of benzene rings is 2. The number of phenolic OH excluding ortho intramolecular Hbond substituents is 2. The number of nitrogens with two attached hydrogens (primary N) is 1.